The SMILES string of the molecule is CCN(CC)C(=O)COC(=O)c1ccc(CN2C(=O)CNC2=O)cc1. The Bertz CT molecular complexity index is 651. The molecule has 1 saturated heterocycles. The van der Waals surface area contributed by atoms with Crippen molar-refractivity contribution in [2.45, 2.75) is 20.4 Å². The molecule has 0 radical (unpaired) electrons. The Labute approximate surface area is 145 Å². The summed E-state index contributed by atoms with van der Waals surface area (Å²) in [5.41, 5.74) is 1.01. The number of rotatable bonds is 7. The monoisotopic (exact) mass is 347 g/mol. The quantitative estimate of drug-likeness (QED) is 0.580. The first-order valence-corrected chi connectivity index (χ1v) is 8.08. The Morgan fingerprint density at radius 1 is 1.16 bits per heavy atom. The Morgan fingerprint density at radius 3 is 2.32 bits per heavy atom. The first-order chi connectivity index (χ1) is 12.0. The highest BCUT2D eigenvalue weighted by Crippen LogP contribution is 2.11. The largest absolute Gasteiger partial charge is 0.452 e. The van der Waals surface area contributed by atoms with Crippen LogP contribution in [0.5, 0.6) is 0 Å². The number of imide groups is 1. The summed E-state index contributed by atoms with van der Waals surface area (Å²) in [5, 5.41) is 2.44. The van der Waals surface area contributed by atoms with Gasteiger partial charge in [-0.15, -0.1) is 0 Å². The average Bonchev–Trinajstić information content (AvgIpc) is 2.93. The van der Waals surface area contributed by atoms with E-state index in [-0.39, 0.29) is 31.5 Å². The van der Waals surface area contributed by atoms with Crippen LogP contribution in [-0.2, 0) is 20.9 Å². The van der Waals surface area contributed by atoms with E-state index in [1.54, 1.807) is 17.0 Å². The fourth-order valence-electron chi connectivity index (χ4n) is 2.42. The lowest BCUT2D eigenvalue weighted by molar-refractivity contribution is -0.134. The standard InChI is InChI=1S/C17H21N3O5/c1-3-19(4-2)15(22)11-25-16(23)13-7-5-12(6-8-13)10-20-14(21)9-18-17(20)24/h5-8H,3-4,9-11H2,1-2H3,(H,18,24). The van der Waals surface area contributed by atoms with Gasteiger partial charge in [-0.1, -0.05) is 12.1 Å². The van der Waals surface area contributed by atoms with E-state index < -0.39 is 12.0 Å². The van der Waals surface area contributed by atoms with Crippen LogP contribution in [0.25, 0.3) is 0 Å². The minimum atomic E-state index is -0.595. The van der Waals surface area contributed by atoms with Crippen molar-refractivity contribution in [3.63, 3.8) is 0 Å². The molecule has 8 nitrogen and oxygen atoms in total. The number of urea groups is 1. The molecular formula is C17H21N3O5. The minimum Gasteiger partial charge on any atom is -0.452 e. The Kier molecular flexibility index (Phi) is 6.10. The molecule has 4 amide bonds. The number of ether oxygens (including phenoxy) is 1. The van der Waals surface area contributed by atoms with Gasteiger partial charge in [0.25, 0.3) is 5.91 Å². The molecule has 0 aromatic heterocycles. The van der Waals surface area contributed by atoms with Crippen molar-refractivity contribution in [1.82, 2.24) is 15.1 Å². The highest BCUT2D eigenvalue weighted by Gasteiger charge is 2.28. The number of nitrogens with zero attached hydrogens (tertiary/aromatic N) is 2. The fourth-order valence-corrected chi connectivity index (χ4v) is 2.42. The number of carbonyl (C=O) groups excluding carboxylic acids is 4. The van der Waals surface area contributed by atoms with Gasteiger partial charge in [0.15, 0.2) is 6.61 Å². The van der Waals surface area contributed by atoms with Gasteiger partial charge < -0.3 is 15.0 Å². The molecule has 1 aliphatic heterocycles. The van der Waals surface area contributed by atoms with Crippen LogP contribution in [0.1, 0.15) is 29.8 Å². The molecule has 0 bridgehead atoms. The second-order valence-corrected chi connectivity index (χ2v) is 5.48. The Morgan fingerprint density at radius 2 is 1.80 bits per heavy atom. The van der Waals surface area contributed by atoms with Crippen LogP contribution in [0.4, 0.5) is 4.79 Å². The van der Waals surface area contributed by atoms with E-state index in [2.05, 4.69) is 5.32 Å². The second kappa shape index (κ2) is 8.27. The van der Waals surface area contributed by atoms with E-state index in [1.165, 1.54) is 12.1 Å². The van der Waals surface area contributed by atoms with E-state index in [9.17, 15) is 19.2 Å². The van der Waals surface area contributed by atoms with Crippen LogP contribution >= 0.6 is 0 Å². The van der Waals surface area contributed by atoms with Crippen LogP contribution < -0.4 is 5.32 Å². The second-order valence-electron chi connectivity index (χ2n) is 5.48. The van der Waals surface area contributed by atoms with Gasteiger partial charge in [0, 0.05) is 13.1 Å². The van der Waals surface area contributed by atoms with Crippen LogP contribution in [0.2, 0.25) is 0 Å². The van der Waals surface area contributed by atoms with Crippen molar-refractivity contribution < 1.29 is 23.9 Å². The summed E-state index contributed by atoms with van der Waals surface area (Å²) in [6.07, 6.45) is 0. The minimum absolute atomic E-state index is 0.00378. The maximum absolute atomic E-state index is 12.0. The lowest BCUT2D eigenvalue weighted by Crippen LogP contribution is -2.34. The topological polar surface area (TPSA) is 96.0 Å². The molecule has 1 fully saturated rings. The van der Waals surface area contributed by atoms with Gasteiger partial charge in [0.1, 0.15) is 0 Å². The van der Waals surface area contributed by atoms with Crippen molar-refractivity contribution in [3.05, 3.63) is 35.4 Å². The van der Waals surface area contributed by atoms with Crippen molar-refractivity contribution in [2.24, 2.45) is 0 Å². The number of hydrogen-bond donors (Lipinski definition) is 1. The Hall–Kier alpha value is -2.90. The number of benzene rings is 1. The van der Waals surface area contributed by atoms with Crippen molar-refractivity contribution in [3.8, 4) is 0 Å². The number of likely N-dealkylation sites (N-methyl/N-ethyl adjacent to an activating group) is 1. The van der Waals surface area contributed by atoms with Gasteiger partial charge in [-0.2, -0.15) is 0 Å². The molecule has 1 aromatic rings. The van der Waals surface area contributed by atoms with Gasteiger partial charge in [-0.25, -0.2) is 9.59 Å². The number of esters is 1. The van der Waals surface area contributed by atoms with Gasteiger partial charge in [0.2, 0.25) is 5.91 Å². The number of nitrogens with one attached hydrogen (secondary N) is 1. The predicted octanol–water partition coefficient (Wildman–Crippen LogP) is 0.764. The summed E-state index contributed by atoms with van der Waals surface area (Å²) in [7, 11) is 0. The maximum Gasteiger partial charge on any atom is 0.338 e. The molecule has 134 valence electrons. The molecule has 0 saturated carbocycles. The molecule has 1 aromatic carbocycles. The van der Waals surface area contributed by atoms with Crippen LogP contribution in [0.15, 0.2) is 24.3 Å². The zero-order chi connectivity index (χ0) is 18.4. The summed E-state index contributed by atoms with van der Waals surface area (Å²) in [4.78, 5) is 49.5. The molecule has 1 heterocycles. The first kappa shape index (κ1) is 18.4. The van der Waals surface area contributed by atoms with Crippen molar-refractivity contribution in [1.29, 1.82) is 0 Å². The lowest BCUT2D eigenvalue weighted by atomic mass is 10.1. The highest BCUT2D eigenvalue weighted by atomic mass is 16.5. The van der Waals surface area contributed by atoms with E-state index >= 15 is 0 Å². The first-order valence-electron chi connectivity index (χ1n) is 8.08. The predicted molar refractivity (Wildman–Crippen MR) is 88.6 cm³/mol. The smallest absolute Gasteiger partial charge is 0.338 e. The molecule has 0 unspecified atom stereocenters. The molecule has 25 heavy (non-hydrogen) atoms. The highest BCUT2D eigenvalue weighted by molar-refractivity contribution is 6.01. The molecule has 1 N–H and O–H groups in total. The molecule has 0 aliphatic carbocycles. The third kappa shape index (κ3) is 4.56. The number of carbonyl (C=O) groups is 4. The molecular weight excluding hydrogens is 326 g/mol. The van der Waals surface area contributed by atoms with Crippen molar-refractivity contribution in [2.75, 3.05) is 26.2 Å². The molecule has 0 spiro atoms. The zero-order valence-corrected chi connectivity index (χ0v) is 14.3. The van der Waals surface area contributed by atoms with E-state index in [4.69, 9.17) is 4.74 Å². The van der Waals surface area contributed by atoms with E-state index in [0.29, 0.717) is 24.2 Å². The average molecular weight is 347 g/mol. The summed E-state index contributed by atoms with van der Waals surface area (Å²) in [6, 6.07) is 5.93. The molecule has 8 heteroatoms. The summed E-state index contributed by atoms with van der Waals surface area (Å²) >= 11 is 0. The van der Waals surface area contributed by atoms with Gasteiger partial charge in [-0.05, 0) is 31.5 Å². The van der Waals surface area contributed by atoms with Crippen molar-refractivity contribution >= 4 is 23.8 Å². The molecule has 0 atom stereocenters. The van der Waals surface area contributed by atoms with Crippen LogP contribution in [0, 0.1) is 0 Å². The zero-order valence-electron chi connectivity index (χ0n) is 14.3. The molecule has 2 rings (SSSR count). The maximum atomic E-state index is 12.0. The summed E-state index contributed by atoms with van der Waals surface area (Å²) in [5.74, 6) is -1.13. The third-order valence-electron chi connectivity index (χ3n) is 3.91. The molecule has 1 aliphatic rings. The van der Waals surface area contributed by atoms with Crippen LogP contribution in [-0.4, -0.2) is 59.9 Å². The Balaban J connectivity index is 1.91. The summed E-state index contributed by atoms with van der Waals surface area (Å²) < 4.78 is 5.02. The van der Waals surface area contributed by atoms with Gasteiger partial charge in [-0.3, -0.25) is 14.5 Å². The number of amides is 4. The normalized spacial score (nSPS) is 13.6. The van der Waals surface area contributed by atoms with Gasteiger partial charge in [0.05, 0.1) is 18.7 Å². The number of hydrogen-bond acceptors (Lipinski definition) is 5. The third-order valence-corrected chi connectivity index (χ3v) is 3.91. The summed E-state index contributed by atoms with van der Waals surface area (Å²) in [6.45, 7) is 4.67. The van der Waals surface area contributed by atoms with Crippen LogP contribution in [0.3, 0.4) is 0 Å². The van der Waals surface area contributed by atoms with Gasteiger partial charge >= 0.3 is 12.0 Å². The fraction of sp³-hybridized carbons (Fsp3) is 0.412. The van der Waals surface area contributed by atoms with E-state index in [1.807, 2.05) is 13.8 Å². The lowest BCUT2D eigenvalue weighted by Gasteiger charge is -2.18. The van der Waals surface area contributed by atoms with E-state index in [0.717, 1.165) is 4.90 Å².